The third-order valence-corrected chi connectivity index (χ3v) is 5.67. The number of ether oxygens (including phenoxy) is 2. The number of hydrogen-bond acceptors (Lipinski definition) is 4. The summed E-state index contributed by atoms with van der Waals surface area (Å²) in [6, 6.07) is 7.52. The zero-order chi connectivity index (χ0) is 18.6. The van der Waals surface area contributed by atoms with Gasteiger partial charge in [-0.1, -0.05) is 6.07 Å². The molecule has 146 valence electrons. The van der Waals surface area contributed by atoms with Crippen molar-refractivity contribution in [1.29, 1.82) is 0 Å². The van der Waals surface area contributed by atoms with Gasteiger partial charge in [0.2, 0.25) is 11.8 Å². The largest absolute Gasteiger partial charge is 0.491 e. The number of nitrogens with zero attached hydrogens (tertiary/aromatic N) is 1. The fourth-order valence-electron chi connectivity index (χ4n) is 3.82. The molecule has 0 unspecified atom stereocenters. The maximum absolute atomic E-state index is 12.6. The fourth-order valence-corrected chi connectivity index (χ4v) is 3.82. The maximum atomic E-state index is 12.6. The summed E-state index contributed by atoms with van der Waals surface area (Å²) >= 11 is 0. The van der Waals surface area contributed by atoms with Crippen molar-refractivity contribution in [3.8, 4) is 5.75 Å². The number of hydrogen-bond donors (Lipinski definition) is 1. The molecule has 3 fully saturated rings. The van der Waals surface area contributed by atoms with Crippen LogP contribution in [0.1, 0.15) is 38.5 Å². The van der Waals surface area contributed by atoms with Gasteiger partial charge in [-0.2, -0.15) is 0 Å². The van der Waals surface area contributed by atoms with E-state index in [1.165, 1.54) is 0 Å². The topological polar surface area (TPSA) is 67.9 Å². The number of amides is 2. The quantitative estimate of drug-likeness (QED) is 0.834. The smallest absolute Gasteiger partial charge is 0.227 e. The minimum Gasteiger partial charge on any atom is -0.491 e. The van der Waals surface area contributed by atoms with Crippen LogP contribution in [-0.4, -0.2) is 49.1 Å². The number of anilines is 1. The molecule has 6 heteroatoms. The Kier molecular flexibility index (Phi) is 5.62. The summed E-state index contributed by atoms with van der Waals surface area (Å²) < 4.78 is 11.4. The number of carbonyl (C=O) groups is 2. The van der Waals surface area contributed by atoms with E-state index in [4.69, 9.17) is 9.47 Å². The fraction of sp³-hybridized carbons (Fsp3) is 0.619. The number of benzene rings is 1. The van der Waals surface area contributed by atoms with Gasteiger partial charge in [0.05, 0.1) is 6.10 Å². The van der Waals surface area contributed by atoms with Crippen LogP contribution in [0.4, 0.5) is 5.69 Å². The molecule has 0 aromatic heterocycles. The Morgan fingerprint density at radius 3 is 2.63 bits per heavy atom. The summed E-state index contributed by atoms with van der Waals surface area (Å²) in [5.74, 6) is 1.28. The first-order chi connectivity index (χ1) is 13.2. The normalized spacial score (nSPS) is 23.3. The first-order valence-electron chi connectivity index (χ1n) is 10.1. The highest BCUT2D eigenvalue weighted by atomic mass is 16.5. The van der Waals surface area contributed by atoms with E-state index in [2.05, 4.69) is 5.32 Å². The van der Waals surface area contributed by atoms with Gasteiger partial charge in [0.25, 0.3) is 0 Å². The second-order valence-electron chi connectivity index (χ2n) is 7.84. The van der Waals surface area contributed by atoms with Crippen molar-refractivity contribution in [3.63, 3.8) is 0 Å². The summed E-state index contributed by atoms with van der Waals surface area (Å²) in [5.41, 5.74) is 0.751. The van der Waals surface area contributed by atoms with Crippen molar-refractivity contribution >= 4 is 17.5 Å². The SMILES string of the molecule is O=C(Nc1cccc(OC[C@@H]2CCCO2)c1)C1CCN(C(=O)C2CC2)CC1. The van der Waals surface area contributed by atoms with Crippen LogP contribution >= 0.6 is 0 Å². The van der Waals surface area contributed by atoms with E-state index in [0.29, 0.717) is 19.7 Å². The molecule has 1 N–H and O–H groups in total. The van der Waals surface area contributed by atoms with Crippen molar-refractivity contribution in [3.05, 3.63) is 24.3 Å². The number of likely N-dealkylation sites (tertiary alicyclic amines) is 1. The van der Waals surface area contributed by atoms with Crippen molar-refractivity contribution < 1.29 is 19.1 Å². The van der Waals surface area contributed by atoms with Gasteiger partial charge in [0.15, 0.2) is 0 Å². The van der Waals surface area contributed by atoms with Crippen molar-refractivity contribution in [1.82, 2.24) is 4.90 Å². The zero-order valence-electron chi connectivity index (χ0n) is 15.7. The molecule has 2 aliphatic heterocycles. The van der Waals surface area contributed by atoms with Crippen LogP contribution in [0.25, 0.3) is 0 Å². The maximum Gasteiger partial charge on any atom is 0.227 e. The molecular weight excluding hydrogens is 344 g/mol. The lowest BCUT2D eigenvalue weighted by Crippen LogP contribution is -2.42. The molecule has 1 aromatic carbocycles. The number of carbonyl (C=O) groups excluding carboxylic acids is 2. The Bertz CT molecular complexity index is 675. The summed E-state index contributed by atoms with van der Waals surface area (Å²) in [4.78, 5) is 26.6. The Morgan fingerprint density at radius 1 is 1.11 bits per heavy atom. The molecule has 1 saturated carbocycles. The van der Waals surface area contributed by atoms with Crippen LogP contribution < -0.4 is 10.1 Å². The molecule has 0 radical (unpaired) electrons. The minimum atomic E-state index is -0.0373. The van der Waals surface area contributed by atoms with Crippen LogP contribution in [0, 0.1) is 11.8 Å². The number of piperidine rings is 1. The Morgan fingerprint density at radius 2 is 1.93 bits per heavy atom. The van der Waals surface area contributed by atoms with E-state index < -0.39 is 0 Å². The average Bonchev–Trinajstić information content (AvgIpc) is 3.42. The lowest BCUT2D eigenvalue weighted by Gasteiger charge is -2.31. The highest BCUT2D eigenvalue weighted by molar-refractivity contribution is 5.93. The van der Waals surface area contributed by atoms with Gasteiger partial charge in [-0.25, -0.2) is 0 Å². The minimum absolute atomic E-state index is 0.0322. The second-order valence-corrected chi connectivity index (χ2v) is 7.84. The zero-order valence-corrected chi connectivity index (χ0v) is 15.7. The van der Waals surface area contributed by atoms with Crippen molar-refractivity contribution in [2.45, 2.75) is 44.6 Å². The van der Waals surface area contributed by atoms with Gasteiger partial charge < -0.3 is 19.7 Å². The molecule has 2 amide bonds. The highest BCUT2D eigenvalue weighted by Crippen LogP contribution is 2.32. The monoisotopic (exact) mass is 372 g/mol. The average molecular weight is 372 g/mol. The lowest BCUT2D eigenvalue weighted by atomic mass is 9.95. The molecule has 6 nitrogen and oxygen atoms in total. The van der Waals surface area contributed by atoms with Gasteiger partial charge in [-0.3, -0.25) is 9.59 Å². The van der Waals surface area contributed by atoms with Crippen LogP contribution in [-0.2, 0) is 14.3 Å². The van der Waals surface area contributed by atoms with Gasteiger partial charge in [0.1, 0.15) is 12.4 Å². The van der Waals surface area contributed by atoms with Crippen LogP contribution in [0.3, 0.4) is 0 Å². The molecule has 27 heavy (non-hydrogen) atoms. The molecule has 1 aromatic rings. The van der Waals surface area contributed by atoms with E-state index in [9.17, 15) is 9.59 Å². The van der Waals surface area contributed by atoms with E-state index in [1.54, 1.807) is 0 Å². The van der Waals surface area contributed by atoms with Crippen LogP contribution in [0.2, 0.25) is 0 Å². The molecular formula is C21H28N2O4. The predicted molar refractivity (Wildman–Crippen MR) is 102 cm³/mol. The molecule has 0 spiro atoms. The summed E-state index contributed by atoms with van der Waals surface area (Å²) in [6.07, 6.45) is 5.84. The summed E-state index contributed by atoms with van der Waals surface area (Å²) in [7, 11) is 0. The molecule has 3 aliphatic rings. The van der Waals surface area contributed by atoms with Crippen molar-refractivity contribution in [2.24, 2.45) is 11.8 Å². The first kappa shape index (κ1) is 18.3. The third kappa shape index (κ3) is 4.80. The highest BCUT2D eigenvalue weighted by Gasteiger charge is 2.35. The Labute approximate surface area is 160 Å². The molecule has 1 atom stereocenters. The standard InChI is InChI=1S/C21H28N2O4/c24-20(15-8-10-23(11-9-15)21(25)16-6-7-16)22-17-3-1-4-18(13-17)27-14-19-5-2-12-26-19/h1,3-4,13,15-16,19H,2,5-12,14H2,(H,22,24)/t19-/m0/s1. The van der Waals surface area contributed by atoms with E-state index in [0.717, 1.165) is 56.6 Å². The molecule has 2 saturated heterocycles. The third-order valence-electron chi connectivity index (χ3n) is 5.67. The van der Waals surface area contributed by atoms with Crippen LogP contribution in [0.5, 0.6) is 5.75 Å². The Balaban J connectivity index is 1.25. The Hall–Kier alpha value is -2.08. The molecule has 0 bridgehead atoms. The van der Waals surface area contributed by atoms with E-state index >= 15 is 0 Å². The van der Waals surface area contributed by atoms with Gasteiger partial charge in [-0.05, 0) is 50.7 Å². The molecule has 2 heterocycles. The van der Waals surface area contributed by atoms with Crippen molar-refractivity contribution in [2.75, 3.05) is 31.6 Å². The molecule has 4 rings (SSSR count). The van der Waals surface area contributed by atoms with Gasteiger partial charge in [-0.15, -0.1) is 0 Å². The number of nitrogens with one attached hydrogen (secondary N) is 1. The van der Waals surface area contributed by atoms with E-state index in [-0.39, 0.29) is 29.8 Å². The second kappa shape index (κ2) is 8.30. The van der Waals surface area contributed by atoms with Crippen LogP contribution in [0.15, 0.2) is 24.3 Å². The van der Waals surface area contributed by atoms with Gasteiger partial charge in [0, 0.05) is 43.3 Å². The van der Waals surface area contributed by atoms with E-state index in [1.807, 2.05) is 29.2 Å². The first-order valence-corrected chi connectivity index (χ1v) is 10.1. The lowest BCUT2D eigenvalue weighted by molar-refractivity contribution is -0.135. The summed E-state index contributed by atoms with van der Waals surface area (Å²) in [5, 5.41) is 3.01. The van der Waals surface area contributed by atoms with Gasteiger partial charge >= 0.3 is 0 Å². The number of rotatable bonds is 6. The molecule has 1 aliphatic carbocycles. The predicted octanol–water partition coefficient (Wildman–Crippen LogP) is 2.83. The summed E-state index contributed by atoms with van der Waals surface area (Å²) in [6.45, 7) is 2.75.